The van der Waals surface area contributed by atoms with E-state index in [2.05, 4.69) is 15.3 Å². The van der Waals surface area contributed by atoms with Crippen molar-refractivity contribution in [1.82, 2.24) is 9.97 Å². The average molecular weight is 225 g/mol. The summed E-state index contributed by atoms with van der Waals surface area (Å²) in [6.45, 7) is 0.487. The number of amides is 1. The molecule has 3 N–H and O–H groups in total. The highest BCUT2D eigenvalue weighted by molar-refractivity contribution is 5.73. The van der Waals surface area contributed by atoms with Crippen molar-refractivity contribution in [3.05, 3.63) is 22.5 Å². The van der Waals surface area contributed by atoms with Gasteiger partial charge in [-0.1, -0.05) is 0 Å². The van der Waals surface area contributed by atoms with Crippen LogP contribution in [0, 0.1) is 10.1 Å². The molecule has 0 aromatic carbocycles. The molecule has 8 heteroatoms. The number of carbonyl (C=O) groups excluding carboxylic acids is 1. The van der Waals surface area contributed by atoms with Gasteiger partial charge in [0.05, 0.1) is 4.92 Å². The zero-order valence-electron chi connectivity index (χ0n) is 8.42. The second kappa shape index (κ2) is 5.59. The van der Waals surface area contributed by atoms with Gasteiger partial charge in [-0.05, 0) is 6.42 Å². The number of nitrogens with two attached hydrogens (primary N) is 1. The van der Waals surface area contributed by atoms with E-state index in [0.717, 1.165) is 12.4 Å². The van der Waals surface area contributed by atoms with Gasteiger partial charge in [0.15, 0.2) is 0 Å². The fourth-order valence-electron chi connectivity index (χ4n) is 0.970. The molecular formula is C8H11N5O3. The minimum absolute atomic E-state index is 0.164. The highest BCUT2D eigenvalue weighted by Crippen LogP contribution is 2.07. The van der Waals surface area contributed by atoms with E-state index in [4.69, 9.17) is 5.73 Å². The van der Waals surface area contributed by atoms with Crippen molar-refractivity contribution >= 4 is 17.5 Å². The van der Waals surface area contributed by atoms with Crippen LogP contribution in [0.25, 0.3) is 0 Å². The van der Waals surface area contributed by atoms with Crippen LogP contribution in [0.15, 0.2) is 12.4 Å². The molecule has 0 aliphatic heterocycles. The number of hydrogen-bond donors (Lipinski definition) is 2. The molecule has 0 bridgehead atoms. The first-order valence-electron chi connectivity index (χ1n) is 4.58. The Morgan fingerprint density at radius 1 is 1.50 bits per heavy atom. The molecule has 86 valence electrons. The Morgan fingerprint density at radius 2 is 2.12 bits per heavy atom. The topological polar surface area (TPSA) is 124 Å². The van der Waals surface area contributed by atoms with Crippen LogP contribution >= 0.6 is 0 Å². The molecule has 0 radical (unpaired) electrons. The summed E-state index contributed by atoms with van der Waals surface area (Å²) in [7, 11) is 0. The van der Waals surface area contributed by atoms with Gasteiger partial charge in [-0.3, -0.25) is 14.9 Å². The summed E-state index contributed by atoms with van der Waals surface area (Å²) in [6, 6.07) is 0. The molecular weight excluding hydrogens is 214 g/mol. The predicted octanol–water partition coefficient (Wildman–Crippen LogP) is 0.0622. The van der Waals surface area contributed by atoms with E-state index in [9.17, 15) is 14.9 Å². The zero-order valence-corrected chi connectivity index (χ0v) is 8.42. The van der Waals surface area contributed by atoms with Crippen molar-refractivity contribution in [3.8, 4) is 0 Å². The molecule has 1 amide bonds. The smallest absolute Gasteiger partial charge is 0.305 e. The normalized spacial score (nSPS) is 9.75. The number of carbonyl (C=O) groups is 1. The van der Waals surface area contributed by atoms with Crippen LogP contribution in [0.4, 0.5) is 11.6 Å². The molecule has 0 spiro atoms. The van der Waals surface area contributed by atoms with E-state index >= 15 is 0 Å². The summed E-state index contributed by atoms with van der Waals surface area (Å²) in [4.78, 5) is 27.6. The van der Waals surface area contributed by atoms with Gasteiger partial charge in [0.2, 0.25) is 11.9 Å². The Balaban J connectivity index is 2.38. The maximum Gasteiger partial charge on any atom is 0.305 e. The summed E-state index contributed by atoms with van der Waals surface area (Å²) >= 11 is 0. The van der Waals surface area contributed by atoms with Crippen molar-refractivity contribution in [2.24, 2.45) is 5.73 Å². The lowest BCUT2D eigenvalue weighted by Crippen LogP contribution is -2.13. The van der Waals surface area contributed by atoms with Gasteiger partial charge in [-0.2, -0.15) is 0 Å². The molecule has 0 fully saturated rings. The van der Waals surface area contributed by atoms with Crippen LogP contribution in [0.1, 0.15) is 12.8 Å². The Hall–Kier alpha value is -2.25. The van der Waals surface area contributed by atoms with Gasteiger partial charge < -0.3 is 11.1 Å². The fourth-order valence-corrected chi connectivity index (χ4v) is 0.970. The molecule has 0 unspecified atom stereocenters. The van der Waals surface area contributed by atoms with Gasteiger partial charge in [0.1, 0.15) is 12.4 Å². The average Bonchev–Trinajstić information content (AvgIpc) is 2.25. The summed E-state index contributed by atoms with van der Waals surface area (Å²) in [5.74, 6) is -0.0820. The van der Waals surface area contributed by atoms with Crippen molar-refractivity contribution in [2.75, 3.05) is 11.9 Å². The predicted molar refractivity (Wildman–Crippen MR) is 55.6 cm³/mol. The van der Waals surface area contributed by atoms with E-state index in [1.807, 2.05) is 0 Å². The van der Waals surface area contributed by atoms with Crippen molar-refractivity contribution in [3.63, 3.8) is 0 Å². The first kappa shape index (κ1) is 11.8. The molecule has 16 heavy (non-hydrogen) atoms. The first-order valence-corrected chi connectivity index (χ1v) is 4.58. The number of aromatic nitrogens is 2. The van der Waals surface area contributed by atoms with Crippen molar-refractivity contribution in [1.29, 1.82) is 0 Å². The number of nitrogens with zero attached hydrogens (tertiary/aromatic N) is 3. The Kier molecular flexibility index (Phi) is 4.13. The molecule has 0 aliphatic carbocycles. The van der Waals surface area contributed by atoms with E-state index < -0.39 is 4.92 Å². The van der Waals surface area contributed by atoms with E-state index in [-0.39, 0.29) is 24.0 Å². The summed E-state index contributed by atoms with van der Waals surface area (Å²) < 4.78 is 0. The van der Waals surface area contributed by atoms with Gasteiger partial charge in [0, 0.05) is 13.0 Å². The highest BCUT2D eigenvalue weighted by atomic mass is 16.6. The maximum absolute atomic E-state index is 10.4. The molecule has 1 aromatic heterocycles. The van der Waals surface area contributed by atoms with Crippen molar-refractivity contribution in [2.45, 2.75) is 12.8 Å². The third-order valence-corrected chi connectivity index (χ3v) is 1.73. The third-order valence-electron chi connectivity index (χ3n) is 1.73. The Labute approximate surface area is 91.0 Å². The third kappa shape index (κ3) is 3.86. The molecule has 1 aromatic rings. The van der Waals surface area contributed by atoms with Crippen LogP contribution in [-0.4, -0.2) is 27.3 Å². The van der Waals surface area contributed by atoms with E-state index in [0.29, 0.717) is 13.0 Å². The standard InChI is InChI=1S/C8H11N5O3/c9-7(14)2-1-3-10-8-11-4-6(5-12-8)13(15)16/h4-5H,1-3H2,(H2,9,14)(H,10,11,12). The van der Waals surface area contributed by atoms with Crippen LogP contribution in [0.3, 0.4) is 0 Å². The second-order valence-electron chi connectivity index (χ2n) is 3.02. The van der Waals surface area contributed by atoms with Crippen molar-refractivity contribution < 1.29 is 9.72 Å². The van der Waals surface area contributed by atoms with Gasteiger partial charge in [-0.25, -0.2) is 9.97 Å². The summed E-state index contributed by atoms with van der Waals surface area (Å²) in [6.07, 6.45) is 3.07. The first-order chi connectivity index (χ1) is 7.59. The number of primary amides is 1. The van der Waals surface area contributed by atoms with Crippen LogP contribution in [0.2, 0.25) is 0 Å². The minimum Gasteiger partial charge on any atom is -0.370 e. The SMILES string of the molecule is NC(=O)CCCNc1ncc([N+](=O)[O-])cn1. The summed E-state index contributed by atoms with van der Waals surface area (Å²) in [5, 5.41) is 13.1. The van der Waals surface area contributed by atoms with Crippen LogP contribution in [-0.2, 0) is 4.79 Å². The Bertz CT molecular complexity index is 378. The Morgan fingerprint density at radius 3 is 2.62 bits per heavy atom. The fraction of sp³-hybridized carbons (Fsp3) is 0.375. The monoisotopic (exact) mass is 225 g/mol. The summed E-state index contributed by atoms with van der Waals surface area (Å²) in [5.41, 5.74) is 4.79. The van der Waals surface area contributed by atoms with Crippen LogP contribution < -0.4 is 11.1 Å². The van der Waals surface area contributed by atoms with Gasteiger partial charge in [0.25, 0.3) is 0 Å². The zero-order chi connectivity index (χ0) is 12.0. The molecule has 8 nitrogen and oxygen atoms in total. The van der Waals surface area contributed by atoms with Gasteiger partial charge in [-0.15, -0.1) is 0 Å². The number of nitrogens with one attached hydrogen (secondary N) is 1. The molecule has 1 rings (SSSR count). The number of anilines is 1. The lowest BCUT2D eigenvalue weighted by atomic mass is 10.3. The van der Waals surface area contributed by atoms with E-state index in [1.54, 1.807) is 0 Å². The quantitative estimate of drug-likeness (QED) is 0.400. The molecule has 0 atom stereocenters. The number of nitro groups is 1. The number of hydrogen-bond acceptors (Lipinski definition) is 6. The lowest BCUT2D eigenvalue weighted by molar-refractivity contribution is -0.385. The molecule has 0 saturated heterocycles. The number of rotatable bonds is 6. The molecule has 0 saturated carbocycles. The van der Waals surface area contributed by atoms with Crippen LogP contribution in [0.5, 0.6) is 0 Å². The van der Waals surface area contributed by atoms with Gasteiger partial charge >= 0.3 is 5.69 Å². The minimum atomic E-state index is -0.573. The largest absolute Gasteiger partial charge is 0.370 e. The molecule has 0 aliphatic rings. The maximum atomic E-state index is 10.4. The second-order valence-corrected chi connectivity index (χ2v) is 3.02. The molecule has 1 heterocycles. The highest BCUT2D eigenvalue weighted by Gasteiger charge is 2.05. The lowest BCUT2D eigenvalue weighted by Gasteiger charge is -2.02. The van der Waals surface area contributed by atoms with E-state index in [1.165, 1.54) is 0 Å².